The summed E-state index contributed by atoms with van der Waals surface area (Å²) in [6.45, 7) is 7.73. The van der Waals surface area contributed by atoms with E-state index < -0.39 is 0 Å². The lowest BCUT2D eigenvalue weighted by atomic mass is 9.94. The monoisotopic (exact) mass is 351 g/mol. The van der Waals surface area contributed by atoms with Crippen molar-refractivity contribution in [2.24, 2.45) is 5.92 Å². The average molecular weight is 351 g/mol. The summed E-state index contributed by atoms with van der Waals surface area (Å²) in [5.41, 5.74) is 3.54. The molecule has 26 heavy (non-hydrogen) atoms. The third-order valence-electron chi connectivity index (χ3n) is 5.89. The highest BCUT2D eigenvalue weighted by molar-refractivity contribution is 5.99. The number of nitrogens with zero attached hydrogens (tertiary/aromatic N) is 3. The summed E-state index contributed by atoms with van der Waals surface area (Å²) in [5, 5.41) is 1.00. The highest BCUT2D eigenvalue weighted by atomic mass is 16.2. The Bertz CT molecular complexity index is 892. The van der Waals surface area contributed by atoms with Crippen molar-refractivity contribution >= 4 is 22.7 Å². The molecule has 5 nitrogen and oxygen atoms in total. The quantitative estimate of drug-likeness (QED) is 0.794. The molecule has 0 N–H and O–H groups in total. The largest absolute Gasteiger partial charge is 0.341 e. The van der Waals surface area contributed by atoms with Crippen LogP contribution in [0.3, 0.4) is 0 Å². The van der Waals surface area contributed by atoms with Gasteiger partial charge in [0.25, 0.3) is 5.91 Å². The predicted octanol–water partition coefficient (Wildman–Crippen LogP) is 2.93. The van der Waals surface area contributed by atoms with E-state index in [0.717, 1.165) is 48.1 Å². The third-order valence-corrected chi connectivity index (χ3v) is 5.89. The first-order chi connectivity index (χ1) is 12.4. The van der Waals surface area contributed by atoms with Gasteiger partial charge < -0.3 is 9.80 Å². The highest BCUT2D eigenvalue weighted by Gasteiger charge is 2.38. The molecular formula is C21H25N3O2. The Balaban J connectivity index is 1.69. The molecule has 2 bridgehead atoms. The van der Waals surface area contributed by atoms with Gasteiger partial charge in [-0.05, 0) is 44.2 Å². The molecule has 136 valence electrons. The maximum atomic E-state index is 13.4. The van der Waals surface area contributed by atoms with Gasteiger partial charge in [-0.1, -0.05) is 18.2 Å². The second kappa shape index (κ2) is 6.38. The number of hydrogen-bond donors (Lipinski definition) is 0. The lowest BCUT2D eigenvalue weighted by Gasteiger charge is -2.36. The van der Waals surface area contributed by atoms with Crippen molar-refractivity contribution in [3.8, 4) is 0 Å². The van der Waals surface area contributed by atoms with Gasteiger partial charge >= 0.3 is 0 Å². The van der Waals surface area contributed by atoms with Crippen LogP contribution in [0.4, 0.5) is 0 Å². The van der Waals surface area contributed by atoms with Crippen LogP contribution in [-0.4, -0.2) is 52.3 Å². The summed E-state index contributed by atoms with van der Waals surface area (Å²) in [6.07, 6.45) is 2.06. The van der Waals surface area contributed by atoms with E-state index >= 15 is 0 Å². The summed E-state index contributed by atoms with van der Waals surface area (Å²) < 4.78 is 0. The van der Waals surface area contributed by atoms with Gasteiger partial charge in [-0.2, -0.15) is 0 Å². The Hall–Kier alpha value is -2.43. The SMILES string of the molecule is CC(=O)N1C[C@H]2CC[C@@H](C1)N(C(=O)c1cc3cccc(C)c3nc1C)C2. The van der Waals surface area contributed by atoms with Crippen LogP contribution in [0.1, 0.15) is 41.4 Å². The van der Waals surface area contributed by atoms with E-state index in [2.05, 4.69) is 0 Å². The minimum Gasteiger partial charge on any atom is -0.341 e. The molecule has 5 heteroatoms. The zero-order chi connectivity index (χ0) is 18.4. The van der Waals surface area contributed by atoms with Gasteiger partial charge in [-0.25, -0.2) is 0 Å². The second-order valence-corrected chi connectivity index (χ2v) is 7.75. The first-order valence-corrected chi connectivity index (χ1v) is 9.37. The first kappa shape index (κ1) is 17.0. The lowest BCUT2D eigenvalue weighted by Crippen LogP contribution is -2.47. The van der Waals surface area contributed by atoms with E-state index in [1.165, 1.54) is 0 Å². The molecule has 4 heterocycles. The third kappa shape index (κ3) is 2.85. The van der Waals surface area contributed by atoms with Crippen molar-refractivity contribution in [1.82, 2.24) is 14.8 Å². The average Bonchev–Trinajstić information content (AvgIpc) is 2.94. The highest BCUT2D eigenvalue weighted by Crippen LogP contribution is 2.30. The number of piperidine rings is 1. The molecule has 0 unspecified atom stereocenters. The van der Waals surface area contributed by atoms with Crippen molar-refractivity contribution in [3.05, 3.63) is 41.1 Å². The Morgan fingerprint density at radius 1 is 1.12 bits per heavy atom. The van der Waals surface area contributed by atoms with E-state index in [1.807, 2.05) is 47.9 Å². The smallest absolute Gasteiger partial charge is 0.256 e. The van der Waals surface area contributed by atoms with Crippen molar-refractivity contribution in [3.63, 3.8) is 0 Å². The van der Waals surface area contributed by atoms with Crippen LogP contribution >= 0.6 is 0 Å². The van der Waals surface area contributed by atoms with Crippen LogP contribution in [0.25, 0.3) is 10.9 Å². The molecule has 3 aliphatic heterocycles. The number of aromatic nitrogens is 1. The Labute approximate surface area is 154 Å². The molecule has 0 spiro atoms. The van der Waals surface area contributed by atoms with Gasteiger partial charge in [0.1, 0.15) is 0 Å². The van der Waals surface area contributed by atoms with Gasteiger partial charge in [0, 0.05) is 38.0 Å². The van der Waals surface area contributed by atoms with Crippen LogP contribution in [-0.2, 0) is 4.79 Å². The van der Waals surface area contributed by atoms with Crippen LogP contribution in [0.2, 0.25) is 0 Å². The summed E-state index contributed by atoms with van der Waals surface area (Å²) >= 11 is 0. The van der Waals surface area contributed by atoms with Gasteiger partial charge in [-0.3, -0.25) is 14.6 Å². The molecule has 5 rings (SSSR count). The van der Waals surface area contributed by atoms with E-state index in [1.54, 1.807) is 6.92 Å². The molecule has 0 radical (unpaired) electrons. The molecule has 1 aromatic carbocycles. The van der Waals surface area contributed by atoms with Crippen molar-refractivity contribution in [2.75, 3.05) is 19.6 Å². The van der Waals surface area contributed by atoms with Gasteiger partial charge in [-0.15, -0.1) is 0 Å². The van der Waals surface area contributed by atoms with E-state index in [9.17, 15) is 9.59 Å². The molecule has 2 atom stereocenters. The first-order valence-electron chi connectivity index (χ1n) is 9.37. The maximum Gasteiger partial charge on any atom is 0.256 e. The molecule has 3 aliphatic rings. The molecule has 3 fully saturated rings. The fraction of sp³-hybridized carbons (Fsp3) is 0.476. The van der Waals surface area contributed by atoms with Gasteiger partial charge in [0.05, 0.1) is 16.8 Å². The fourth-order valence-corrected chi connectivity index (χ4v) is 4.40. The summed E-state index contributed by atoms with van der Waals surface area (Å²) in [7, 11) is 0. The number of benzene rings is 1. The number of aryl methyl sites for hydroxylation is 2. The number of rotatable bonds is 1. The lowest BCUT2D eigenvalue weighted by molar-refractivity contribution is -0.129. The van der Waals surface area contributed by atoms with Gasteiger partial charge in [0.2, 0.25) is 5.91 Å². The fourth-order valence-electron chi connectivity index (χ4n) is 4.40. The van der Waals surface area contributed by atoms with E-state index in [4.69, 9.17) is 4.98 Å². The van der Waals surface area contributed by atoms with Crippen LogP contribution < -0.4 is 0 Å². The Morgan fingerprint density at radius 3 is 2.69 bits per heavy atom. The molecule has 0 saturated carbocycles. The maximum absolute atomic E-state index is 13.4. The van der Waals surface area contributed by atoms with Gasteiger partial charge in [0.15, 0.2) is 0 Å². The number of hydrogen-bond acceptors (Lipinski definition) is 3. The number of fused-ring (bicyclic) bond motifs is 5. The van der Waals surface area contributed by atoms with E-state index in [0.29, 0.717) is 18.0 Å². The zero-order valence-corrected chi connectivity index (χ0v) is 15.7. The number of carbonyl (C=O) groups excluding carboxylic acids is 2. The van der Waals surface area contributed by atoms with E-state index in [-0.39, 0.29) is 17.9 Å². The summed E-state index contributed by atoms with van der Waals surface area (Å²) in [6, 6.07) is 8.14. The molecule has 3 saturated heterocycles. The number of para-hydroxylation sites is 1. The Morgan fingerprint density at radius 2 is 1.92 bits per heavy atom. The second-order valence-electron chi connectivity index (χ2n) is 7.75. The van der Waals surface area contributed by atoms with Crippen molar-refractivity contribution < 1.29 is 9.59 Å². The Kier molecular flexibility index (Phi) is 4.17. The molecular weight excluding hydrogens is 326 g/mol. The minimum absolute atomic E-state index is 0.0542. The number of amides is 2. The molecule has 1 aromatic heterocycles. The van der Waals surface area contributed by atoms with Crippen LogP contribution in [0.15, 0.2) is 24.3 Å². The van der Waals surface area contributed by atoms with Crippen LogP contribution in [0, 0.1) is 19.8 Å². The van der Waals surface area contributed by atoms with Crippen LogP contribution in [0.5, 0.6) is 0 Å². The normalized spacial score (nSPS) is 22.6. The van der Waals surface area contributed by atoms with Crippen molar-refractivity contribution in [2.45, 2.75) is 39.7 Å². The van der Waals surface area contributed by atoms with Crippen molar-refractivity contribution in [1.29, 1.82) is 0 Å². The molecule has 2 aromatic rings. The number of pyridine rings is 1. The molecule has 2 amide bonds. The standard InChI is InChI=1S/C21H25N3O2/c1-13-5-4-6-17-9-19(14(2)22-20(13)17)21(26)24-11-16-7-8-18(24)12-23(10-16)15(3)25/h4-6,9,16,18H,7-8,10-12H2,1-3H3/t16-,18+/m1/s1. The summed E-state index contributed by atoms with van der Waals surface area (Å²) in [5.74, 6) is 0.534. The summed E-state index contributed by atoms with van der Waals surface area (Å²) in [4.78, 5) is 33.8. The molecule has 0 aliphatic carbocycles. The minimum atomic E-state index is 0.0542. The number of carbonyl (C=O) groups is 2. The zero-order valence-electron chi connectivity index (χ0n) is 15.7. The predicted molar refractivity (Wildman–Crippen MR) is 101 cm³/mol. The topological polar surface area (TPSA) is 53.5 Å².